The molecule has 6 heteroatoms. The molecule has 1 fully saturated rings. The molecule has 28 heavy (non-hydrogen) atoms. The fourth-order valence-corrected chi connectivity index (χ4v) is 3.19. The molecule has 1 N–H and O–H groups in total. The van der Waals surface area contributed by atoms with Gasteiger partial charge in [-0.25, -0.2) is 9.18 Å². The molecule has 2 aromatic carbocycles. The highest BCUT2D eigenvalue weighted by molar-refractivity contribution is 5.85. The first-order valence-electron chi connectivity index (χ1n) is 9.56. The number of rotatable bonds is 7. The molecule has 1 aliphatic heterocycles. The number of urea groups is 1. The summed E-state index contributed by atoms with van der Waals surface area (Å²) in [6, 6.07) is 14.1. The van der Waals surface area contributed by atoms with Gasteiger partial charge in [-0.3, -0.25) is 4.79 Å². The third-order valence-electron chi connectivity index (χ3n) is 4.94. The molecule has 2 aromatic rings. The zero-order valence-electron chi connectivity index (χ0n) is 16.3. The van der Waals surface area contributed by atoms with E-state index >= 15 is 0 Å². The highest BCUT2D eigenvalue weighted by Gasteiger charge is 2.29. The molecular weight excluding hydrogens is 357 g/mol. The molecule has 0 atom stereocenters. The molecule has 0 radical (unpaired) electrons. The highest BCUT2D eigenvalue weighted by atomic mass is 19.1. The molecule has 0 aliphatic carbocycles. The molecule has 1 aliphatic rings. The Balaban J connectivity index is 1.46. The standard InChI is InChI=1S/C22H26FN3O2/c1-16(2)19-7-3-17(4-8-19)13-24-21(27)15-26-12-11-25(22(26)28)14-18-5-9-20(23)10-6-18/h3-10,16H,11-15H2,1-2H3,(H,24,27). The van der Waals surface area contributed by atoms with E-state index in [1.807, 2.05) is 12.1 Å². The van der Waals surface area contributed by atoms with E-state index in [1.54, 1.807) is 21.9 Å². The molecule has 148 valence electrons. The van der Waals surface area contributed by atoms with E-state index in [4.69, 9.17) is 0 Å². The Kier molecular flexibility index (Phi) is 6.29. The van der Waals surface area contributed by atoms with Gasteiger partial charge in [-0.15, -0.1) is 0 Å². The van der Waals surface area contributed by atoms with E-state index in [-0.39, 0.29) is 24.3 Å². The minimum atomic E-state index is -0.298. The maximum Gasteiger partial charge on any atom is 0.320 e. The van der Waals surface area contributed by atoms with Crippen molar-refractivity contribution in [2.45, 2.75) is 32.9 Å². The Morgan fingerprint density at radius 1 is 1.00 bits per heavy atom. The normalized spacial score (nSPS) is 14.1. The quantitative estimate of drug-likeness (QED) is 0.796. The SMILES string of the molecule is CC(C)c1ccc(CNC(=O)CN2CCN(Cc3ccc(F)cc3)C2=O)cc1. The summed E-state index contributed by atoms with van der Waals surface area (Å²) in [7, 11) is 0. The van der Waals surface area contributed by atoms with Crippen LogP contribution in [0.2, 0.25) is 0 Å². The smallest absolute Gasteiger partial charge is 0.320 e. The first-order chi connectivity index (χ1) is 13.4. The summed E-state index contributed by atoms with van der Waals surface area (Å²) in [6.45, 7) is 6.25. The van der Waals surface area contributed by atoms with Gasteiger partial charge in [0.15, 0.2) is 0 Å². The topological polar surface area (TPSA) is 52.7 Å². The predicted octanol–water partition coefficient (Wildman–Crippen LogP) is 3.50. The third-order valence-corrected chi connectivity index (χ3v) is 4.94. The number of hydrogen-bond donors (Lipinski definition) is 1. The van der Waals surface area contributed by atoms with Gasteiger partial charge < -0.3 is 15.1 Å². The van der Waals surface area contributed by atoms with Crippen molar-refractivity contribution >= 4 is 11.9 Å². The van der Waals surface area contributed by atoms with Gasteiger partial charge in [0.1, 0.15) is 12.4 Å². The van der Waals surface area contributed by atoms with Gasteiger partial charge in [0, 0.05) is 26.2 Å². The summed E-state index contributed by atoms with van der Waals surface area (Å²) in [6.07, 6.45) is 0. The summed E-state index contributed by atoms with van der Waals surface area (Å²) in [5, 5.41) is 2.87. The average molecular weight is 383 g/mol. The van der Waals surface area contributed by atoms with Gasteiger partial charge in [0.25, 0.3) is 0 Å². The monoisotopic (exact) mass is 383 g/mol. The Morgan fingerprint density at radius 2 is 1.61 bits per heavy atom. The molecule has 0 unspecified atom stereocenters. The second kappa shape index (κ2) is 8.87. The van der Waals surface area contributed by atoms with E-state index in [2.05, 4.69) is 31.3 Å². The van der Waals surface area contributed by atoms with Gasteiger partial charge >= 0.3 is 6.03 Å². The van der Waals surface area contributed by atoms with Crippen LogP contribution in [-0.4, -0.2) is 41.4 Å². The van der Waals surface area contributed by atoms with Crippen LogP contribution in [0, 0.1) is 5.82 Å². The molecule has 0 spiro atoms. The molecular formula is C22H26FN3O2. The lowest BCUT2D eigenvalue weighted by molar-refractivity contribution is -0.121. The number of benzene rings is 2. The van der Waals surface area contributed by atoms with Gasteiger partial charge in [0.2, 0.25) is 5.91 Å². The fraction of sp³-hybridized carbons (Fsp3) is 0.364. The van der Waals surface area contributed by atoms with E-state index in [9.17, 15) is 14.0 Å². The van der Waals surface area contributed by atoms with Crippen LogP contribution in [0.3, 0.4) is 0 Å². The summed E-state index contributed by atoms with van der Waals surface area (Å²) >= 11 is 0. The van der Waals surface area contributed by atoms with E-state index in [1.165, 1.54) is 17.7 Å². The lowest BCUT2D eigenvalue weighted by Gasteiger charge is -2.18. The lowest BCUT2D eigenvalue weighted by Crippen LogP contribution is -2.39. The van der Waals surface area contributed by atoms with E-state index in [0.717, 1.165) is 11.1 Å². The van der Waals surface area contributed by atoms with Crippen LogP contribution in [0.25, 0.3) is 0 Å². The van der Waals surface area contributed by atoms with Crippen molar-refractivity contribution in [2.24, 2.45) is 0 Å². The molecule has 0 bridgehead atoms. The maximum absolute atomic E-state index is 13.0. The number of amides is 3. The van der Waals surface area contributed by atoms with E-state index in [0.29, 0.717) is 32.1 Å². The Bertz CT molecular complexity index is 819. The number of hydrogen-bond acceptors (Lipinski definition) is 2. The second-order valence-electron chi connectivity index (χ2n) is 7.43. The van der Waals surface area contributed by atoms with Crippen LogP contribution in [0.15, 0.2) is 48.5 Å². The second-order valence-corrected chi connectivity index (χ2v) is 7.43. The predicted molar refractivity (Wildman–Crippen MR) is 106 cm³/mol. The molecule has 5 nitrogen and oxygen atoms in total. The largest absolute Gasteiger partial charge is 0.350 e. The van der Waals surface area contributed by atoms with Crippen molar-refractivity contribution in [1.82, 2.24) is 15.1 Å². The van der Waals surface area contributed by atoms with Crippen LogP contribution in [0.5, 0.6) is 0 Å². The summed E-state index contributed by atoms with van der Waals surface area (Å²) in [5.74, 6) is 0.00114. The molecule has 0 aromatic heterocycles. The first kappa shape index (κ1) is 19.9. The van der Waals surface area contributed by atoms with Crippen LogP contribution in [0.4, 0.5) is 9.18 Å². The van der Waals surface area contributed by atoms with Crippen molar-refractivity contribution in [3.8, 4) is 0 Å². The molecule has 1 saturated heterocycles. The first-order valence-corrected chi connectivity index (χ1v) is 9.56. The average Bonchev–Trinajstić information content (AvgIpc) is 3.02. The number of nitrogens with zero attached hydrogens (tertiary/aromatic N) is 2. The van der Waals surface area contributed by atoms with Gasteiger partial charge in [-0.1, -0.05) is 50.2 Å². The van der Waals surface area contributed by atoms with Gasteiger partial charge in [-0.05, 0) is 34.7 Å². The van der Waals surface area contributed by atoms with Gasteiger partial charge in [-0.2, -0.15) is 0 Å². The summed E-state index contributed by atoms with van der Waals surface area (Å²) < 4.78 is 13.0. The summed E-state index contributed by atoms with van der Waals surface area (Å²) in [5.41, 5.74) is 3.16. The Labute approximate surface area is 165 Å². The summed E-state index contributed by atoms with van der Waals surface area (Å²) in [4.78, 5) is 27.9. The van der Waals surface area contributed by atoms with Crippen molar-refractivity contribution in [3.63, 3.8) is 0 Å². The minimum Gasteiger partial charge on any atom is -0.350 e. The molecule has 0 saturated carbocycles. The third kappa shape index (κ3) is 5.09. The van der Waals surface area contributed by atoms with Crippen molar-refractivity contribution in [3.05, 3.63) is 71.0 Å². The maximum atomic E-state index is 13.0. The van der Waals surface area contributed by atoms with Crippen molar-refractivity contribution in [2.75, 3.05) is 19.6 Å². The lowest BCUT2D eigenvalue weighted by atomic mass is 10.0. The van der Waals surface area contributed by atoms with Crippen LogP contribution in [0.1, 0.15) is 36.5 Å². The minimum absolute atomic E-state index is 0.0445. The number of halogens is 1. The van der Waals surface area contributed by atoms with E-state index < -0.39 is 0 Å². The highest BCUT2D eigenvalue weighted by Crippen LogP contribution is 2.15. The Hall–Kier alpha value is -2.89. The Morgan fingerprint density at radius 3 is 2.25 bits per heavy atom. The molecule has 3 amide bonds. The number of carbonyl (C=O) groups is 2. The zero-order valence-corrected chi connectivity index (χ0v) is 16.3. The zero-order chi connectivity index (χ0) is 20.1. The fourth-order valence-electron chi connectivity index (χ4n) is 3.19. The number of nitrogens with one attached hydrogen (secondary N) is 1. The van der Waals surface area contributed by atoms with Crippen LogP contribution in [-0.2, 0) is 17.9 Å². The molecule has 3 rings (SSSR count). The van der Waals surface area contributed by atoms with Crippen molar-refractivity contribution < 1.29 is 14.0 Å². The van der Waals surface area contributed by atoms with Gasteiger partial charge in [0.05, 0.1) is 0 Å². The molecule has 1 heterocycles. The van der Waals surface area contributed by atoms with Crippen LogP contribution >= 0.6 is 0 Å². The number of carbonyl (C=O) groups excluding carboxylic acids is 2. The van der Waals surface area contributed by atoms with Crippen LogP contribution < -0.4 is 5.32 Å². The van der Waals surface area contributed by atoms with Crippen molar-refractivity contribution in [1.29, 1.82) is 0 Å².